The highest BCUT2D eigenvalue weighted by Crippen LogP contribution is 2.15. The molecular formula is C11H12N2O3. The summed E-state index contributed by atoms with van der Waals surface area (Å²) < 4.78 is 4.81. The minimum Gasteiger partial charge on any atom is -0.458 e. The molecule has 1 rings (SSSR count). The largest absolute Gasteiger partial charge is 0.458 e. The van der Waals surface area contributed by atoms with Crippen LogP contribution < -0.4 is 11.5 Å². The topological polar surface area (TPSA) is 95.4 Å². The molecule has 5 heteroatoms. The molecule has 0 saturated heterocycles. The smallest absolute Gasteiger partial charge is 0.340 e. The summed E-state index contributed by atoms with van der Waals surface area (Å²) in [7, 11) is 0. The molecule has 4 N–H and O–H groups in total. The third kappa shape index (κ3) is 2.60. The SMILES string of the molecule is C=CCOC(=O)c1ccc(C(N)=O)cc1N. The van der Waals surface area contributed by atoms with Gasteiger partial charge in [-0.15, -0.1) is 0 Å². The van der Waals surface area contributed by atoms with Crippen molar-refractivity contribution in [1.29, 1.82) is 0 Å². The van der Waals surface area contributed by atoms with Gasteiger partial charge in [0.1, 0.15) is 6.61 Å². The van der Waals surface area contributed by atoms with Crippen LogP contribution in [0.25, 0.3) is 0 Å². The summed E-state index contributed by atoms with van der Waals surface area (Å²) in [6.45, 7) is 3.52. The van der Waals surface area contributed by atoms with Gasteiger partial charge < -0.3 is 16.2 Å². The van der Waals surface area contributed by atoms with Gasteiger partial charge in [0.2, 0.25) is 5.91 Å². The van der Waals surface area contributed by atoms with Crippen LogP contribution in [0.15, 0.2) is 30.9 Å². The first-order valence-electron chi connectivity index (χ1n) is 4.53. The Labute approximate surface area is 92.7 Å². The maximum Gasteiger partial charge on any atom is 0.340 e. The van der Waals surface area contributed by atoms with Crippen molar-refractivity contribution in [2.75, 3.05) is 12.3 Å². The van der Waals surface area contributed by atoms with Crippen molar-refractivity contribution < 1.29 is 14.3 Å². The Morgan fingerprint density at radius 2 is 2.12 bits per heavy atom. The second-order valence-electron chi connectivity index (χ2n) is 3.05. The fourth-order valence-corrected chi connectivity index (χ4v) is 1.11. The molecular weight excluding hydrogens is 208 g/mol. The number of ether oxygens (including phenoxy) is 1. The molecule has 0 radical (unpaired) electrons. The minimum atomic E-state index is -0.599. The van der Waals surface area contributed by atoms with Crippen LogP contribution in [0.2, 0.25) is 0 Å². The number of nitrogens with two attached hydrogens (primary N) is 2. The Hall–Kier alpha value is -2.30. The van der Waals surface area contributed by atoms with E-state index in [4.69, 9.17) is 16.2 Å². The molecule has 0 aliphatic heterocycles. The Kier molecular flexibility index (Phi) is 3.66. The molecule has 0 saturated carbocycles. The van der Waals surface area contributed by atoms with Crippen molar-refractivity contribution in [2.45, 2.75) is 0 Å². The maximum atomic E-state index is 11.4. The lowest BCUT2D eigenvalue weighted by molar-refractivity contribution is 0.0550. The van der Waals surface area contributed by atoms with Crippen LogP contribution in [-0.2, 0) is 4.74 Å². The van der Waals surface area contributed by atoms with Gasteiger partial charge in [-0.25, -0.2) is 4.79 Å². The first kappa shape index (κ1) is 11.8. The molecule has 84 valence electrons. The molecule has 0 unspecified atom stereocenters. The number of hydrogen-bond donors (Lipinski definition) is 2. The number of carbonyl (C=O) groups excluding carboxylic acids is 2. The van der Waals surface area contributed by atoms with E-state index in [2.05, 4.69) is 6.58 Å². The third-order valence-electron chi connectivity index (χ3n) is 1.89. The molecule has 16 heavy (non-hydrogen) atoms. The van der Waals surface area contributed by atoms with Crippen molar-refractivity contribution in [3.8, 4) is 0 Å². The Morgan fingerprint density at radius 1 is 1.44 bits per heavy atom. The average molecular weight is 220 g/mol. The van der Waals surface area contributed by atoms with Gasteiger partial charge >= 0.3 is 5.97 Å². The molecule has 0 spiro atoms. The van der Waals surface area contributed by atoms with E-state index < -0.39 is 11.9 Å². The Bertz CT molecular complexity index is 441. The number of rotatable bonds is 4. The van der Waals surface area contributed by atoms with Gasteiger partial charge in [-0.2, -0.15) is 0 Å². The first-order chi connectivity index (χ1) is 7.56. The predicted molar refractivity (Wildman–Crippen MR) is 59.9 cm³/mol. The molecule has 0 atom stereocenters. The number of benzene rings is 1. The summed E-state index contributed by atoms with van der Waals surface area (Å²) in [4.78, 5) is 22.3. The van der Waals surface area contributed by atoms with Gasteiger partial charge in [-0.3, -0.25) is 4.79 Å². The van der Waals surface area contributed by atoms with Crippen LogP contribution in [0.1, 0.15) is 20.7 Å². The van der Waals surface area contributed by atoms with E-state index >= 15 is 0 Å². The highest BCUT2D eigenvalue weighted by Gasteiger charge is 2.12. The number of carbonyl (C=O) groups is 2. The van der Waals surface area contributed by atoms with Crippen molar-refractivity contribution >= 4 is 17.6 Å². The Balaban J connectivity index is 2.94. The molecule has 0 aliphatic carbocycles. The van der Waals surface area contributed by atoms with Crippen molar-refractivity contribution in [1.82, 2.24) is 0 Å². The first-order valence-corrected chi connectivity index (χ1v) is 4.53. The van der Waals surface area contributed by atoms with E-state index in [1.165, 1.54) is 24.3 Å². The van der Waals surface area contributed by atoms with Crippen molar-refractivity contribution in [3.63, 3.8) is 0 Å². The molecule has 0 aromatic heterocycles. The minimum absolute atomic E-state index is 0.107. The molecule has 0 bridgehead atoms. The highest BCUT2D eigenvalue weighted by atomic mass is 16.5. The monoisotopic (exact) mass is 220 g/mol. The van der Waals surface area contributed by atoms with E-state index in [0.717, 1.165) is 0 Å². The second-order valence-corrected chi connectivity index (χ2v) is 3.05. The second kappa shape index (κ2) is 4.97. The van der Waals surface area contributed by atoms with E-state index in [1.807, 2.05) is 0 Å². The predicted octanol–water partition coefficient (Wildman–Crippen LogP) is 0.711. The average Bonchev–Trinajstić information content (AvgIpc) is 2.25. The molecule has 1 amide bonds. The zero-order valence-corrected chi connectivity index (χ0v) is 8.60. The summed E-state index contributed by atoms with van der Waals surface area (Å²) in [5, 5.41) is 0. The van der Waals surface area contributed by atoms with Crippen LogP contribution >= 0.6 is 0 Å². The lowest BCUT2D eigenvalue weighted by Crippen LogP contribution is -2.13. The number of amides is 1. The molecule has 1 aromatic rings. The zero-order chi connectivity index (χ0) is 12.1. The van der Waals surface area contributed by atoms with E-state index in [-0.39, 0.29) is 23.4 Å². The van der Waals surface area contributed by atoms with Gasteiger partial charge in [0.05, 0.1) is 5.56 Å². The summed E-state index contributed by atoms with van der Waals surface area (Å²) in [6.07, 6.45) is 1.45. The van der Waals surface area contributed by atoms with Crippen LogP contribution in [0, 0.1) is 0 Å². The lowest BCUT2D eigenvalue weighted by Gasteiger charge is -2.06. The maximum absolute atomic E-state index is 11.4. The molecule has 1 aromatic carbocycles. The standard InChI is InChI=1S/C11H12N2O3/c1-2-5-16-11(15)8-4-3-7(10(13)14)6-9(8)12/h2-4,6H,1,5,12H2,(H2,13,14). The molecule has 0 fully saturated rings. The van der Waals surface area contributed by atoms with Crippen LogP contribution in [-0.4, -0.2) is 18.5 Å². The van der Waals surface area contributed by atoms with Gasteiger partial charge in [0.25, 0.3) is 0 Å². The van der Waals surface area contributed by atoms with Gasteiger partial charge in [-0.1, -0.05) is 12.7 Å². The summed E-state index contributed by atoms with van der Waals surface area (Å²) in [6, 6.07) is 4.16. The molecule has 0 aliphatic rings. The van der Waals surface area contributed by atoms with Gasteiger partial charge in [-0.05, 0) is 18.2 Å². The number of anilines is 1. The normalized spacial score (nSPS) is 9.50. The number of hydrogen-bond acceptors (Lipinski definition) is 4. The number of esters is 1. The van der Waals surface area contributed by atoms with E-state index in [9.17, 15) is 9.59 Å². The molecule has 0 heterocycles. The van der Waals surface area contributed by atoms with Crippen LogP contribution in [0.4, 0.5) is 5.69 Å². The van der Waals surface area contributed by atoms with E-state index in [1.54, 1.807) is 0 Å². The summed E-state index contributed by atoms with van der Waals surface area (Å²) in [5.74, 6) is -1.16. The van der Waals surface area contributed by atoms with Crippen LogP contribution in [0.3, 0.4) is 0 Å². The van der Waals surface area contributed by atoms with E-state index in [0.29, 0.717) is 0 Å². The lowest BCUT2D eigenvalue weighted by atomic mass is 10.1. The quantitative estimate of drug-likeness (QED) is 0.443. The molecule has 5 nitrogen and oxygen atoms in total. The van der Waals surface area contributed by atoms with Gasteiger partial charge in [0, 0.05) is 11.3 Å². The van der Waals surface area contributed by atoms with Gasteiger partial charge in [0.15, 0.2) is 0 Å². The van der Waals surface area contributed by atoms with Crippen molar-refractivity contribution in [2.24, 2.45) is 5.73 Å². The number of nitrogen functional groups attached to an aromatic ring is 1. The highest BCUT2D eigenvalue weighted by molar-refractivity contribution is 5.99. The Morgan fingerprint density at radius 3 is 2.62 bits per heavy atom. The van der Waals surface area contributed by atoms with Crippen LogP contribution in [0.5, 0.6) is 0 Å². The summed E-state index contributed by atoms with van der Waals surface area (Å²) >= 11 is 0. The van der Waals surface area contributed by atoms with Crippen molar-refractivity contribution in [3.05, 3.63) is 42.0 Å². The summed E-state index contributed by atoms with van der Waals surface area (Å²) in [5.41, 5.74) is 11.3. The fraction of sp³-hybridized carbons (Fsp3) is 0.0909. The zero-order valence-electron chi connectivity index (χ0n) is 8.60. The third-order valence-corrected chi connectivity index (χ3v) is 1.89. The number of primary amides is 1. The fourth-order valence-electron chi connectivity index (χ4n) is 1.11.